The smallest absolute Gasteiger partial charge is 0.253 e. The van der Waals surface area contributed by atoms with Gasteiger partial charge in [0.25, 0.3) is 5.91 Å². The zero-order chi connectivity index (χ0) is 15.4. The molecule has 114 valence electrons. The minimum atomic E-state index is 0.0413. The quantitative estimate of drug-likeness (QED) is 0.807. The molecule has 0 N–H and O–H groups in total. The SMILES string of the molecule is Cc1c(SCc2ccccc2)cccc1N1CCOCC1=O. The van der Waals surface area contributed by atoms with E-state index < -0.39 is 0 Å². The Morgan fingerprint density at radius 1 is 1.14 bits per heavy atom. The highest BCUT2D eigenvalue weighted by Crippen LogP contribution is 2.32. The lowest BCUT2D eigenvalue weighted by atomic mass is 10.1. The van der Waals surface area contributed by atoms with Gasteiger partial charge in [0.05, 0.1) is 6.61 Å². The Morgan fingerprint density at radius 3 is 2.73 bits per heavy atom. The second kappa shape index (κ2) is 6.99. The summed E-state index contributed by atoms with van der Waals surface area (Å²) in [4.78, 5) is 15.1. The van der Waals surface area contributed by atoms with Crippen LogP contribution in [0.3, 0.4) is 0 Å². The Kier molecular flexibility index (Phi) is 4.80. The average molecular weight is 313 g/mol. The number of anilines is 1. The number of hydrogen-bond acceptors (Lipinski definition) is 3. The van der Waals surface area contributed by atoms with Gasteiger partial charge in [0.1, 0.15) is 6.61 Å². The summed E-state index contributed by atoms with van der Waals surface area (Å²) in [7, 11) is 0. The van der Waals surface area contributed by atoms with Crippen molar-refractivity contribution in [3.8, 4) is 0 Å². The van der Waals surface area contributed by atoms with Gasteiger partial charge in [0.15, 0.2) is 0 Å². The molecule has 1 aliphatic heterocycles. The van der Waals surface area contributed by atoms with Crippen molar-refractivity contribution in [2.75, 3.05) is 24.7 Å². The first-order chi connectivity index (χ1) is 10.8. The van der Waals surface area contributed by atoms with Crippen LogP contribution in [0.4, 0.5) is 5.69 Å². The summed E-state index contributed by atoms with van der Waals surface area (Å²) in [6.07, 6.45) is 0. The van der Waals surface area contributed by atoms with Gasteiger partial charge in [-0.1, -0.05) is 36.4 Å². The molecule has 2 aromatic carbocycles. The van der Waals surface area contributed by atoms with Gasteiger partial charge in [-0.05, 0) is 30.2 Å². The molecule has 0 atom stereocenters. The topological polar surface area (TPSA) is 29.5 Å². The molecule has 1 saturated heterocycles. The molecule has 22 heavy (non-hydrogen) atoms. The predicted molar refractivity (Wildman–Crippen MR) is 90.4 cm³/mol. The summed E-state index contributed by atoms with van der Waals surface area (Å²) in [5.74, 6) is 0.974. The number of ether oxygens (including phenoxy) is 1. The highest BCUT2D eigenvalue weighted by molar-refractivity contribution is 7.98. The molecule has 1 aliphatic rings. The van der Waals surface area contributed by atoms with E-state index in [0.29, 0.717) is 13.2 Å². The van der Waals surface area contributed by atoms with E-state index in [0.717, 1.165) is 11.4 Å². The highest BCUT2D eigenvalue weighted by atomic mass is 32.2. The monoisotopic (exact) mass is 313 g/mol. The Labute approximate surface area is 135 Å². The van der Waals surface area contributed by atoms with Crippen molar-refractivity contribution >= 4 is 23.4 Å². The summed E-state index contributed by atoms with van der Waals surface area (Å²) in [5, 5.41) is 0. The van der Waals surface area contributed by atoms with Gasteiger partial charge in [0, 0.05) is 22.9 Å². The van der Waals surface area contributed by atoms with E-state index in [1.807, 2.05) is 34.9 Å². The van der Waals surface area contributed by atoms with Crippen LogP contribution >= 0.6 is 11.8 Å². The number of hydrogen-bond donors (Lipinski definition) is 0. The van der Waals surface area contributed by atoms with E-state index in [4.69, 9.17) is 4.74 Å². The molecule has 3 rings (SSSR count). The minimum absolute atomic E-state index is 0.0413. The number of nitrogens with zero attached hydrogens (tertiary/aromatic N) is 1. The molecule has 2 aromatic rings. The standard InChI is InChI=1S/C18H19NO2S/c1-14-16(19-10-11-21-12-18(19)20)8-5-9-17(14)22-13-15-6-3-2-4-7-15/h2-9H,10-13H2,1H3. The highest BCUT2D eigenvalue weighted by Gasteiger charge is 2.22. The van der Waals surface area contributed by atoms with E-state index in [-0.39, 0.29) is 12.5 Å². The zero-order valence-corrected chi connectivity index (χ0v) is 13.4. The summed E-state index contributed by atoms with van der Waals surface area (Å²) in [6, 6.07) is 16.6. The van der Waals surface area contributed by atoms with Crippen LogP contribution < -0.4 is 4.90 Å². The number of thioether (sulfide) groups is 1. The number of morpholine rings is 1. The van der Waals surface area contributed by atoms with Crippen molar-refractivity contribution in [3.63, 3.8) is 0 Å². The number of amides is 1. The maximum Gasteiger partial charge on any atom is 0.253 e. The van der Waals surface area contributed by atoms with Crippen LogP contribution in [-0.4, -0.2) is 25.7 Å². The second-order valence-corrected chi connectivity index (χ2v) is 6.29. The molecule has 0 saturated carbocycles. The molecule has 0 bridgehead atoms. The molecular weight excluding hydrogens is 294 g/mol. The van der Waals surface area contributed by atoms with Crippen molar-refractivity contribution in [1.29, 1.82) is 0 Å². The van der Waals surface area contributed by atoms with Crippen LogP contribution in [0, 0.1) is 6.92 Å². The van der Waals surface area contributed by atoms with Crippen LogP contribution in [0.25, 0.3) is 0 Å². The Hall–Kier alpha value is -1.78. The van der Waals surface area contributed by atoms with Gasteiger partial charge in [-0.2, -0.15) is 0 Å². The third-order valence-electron chi connectivity index (χ3n) is 3.77. The van der Waals surface area contributed by atoms with Gasteiger partial charge in [-0.15, -0.1) is 11.8 Å². The van der Waals surface area contributed by atoms with Gasteiger partial charge in [-0.3, -0.25) is 4.79 Å². The largest absolute Gasteiger partial charge is 0.370 e. The van der Waals surface area contributed by atoms with Gasteiger partial charge in [-0.25, -0.2) is 0 Å². The third-order valence-corrected chi connectivity index (χ3v) is 5.00. The number of carbonyl (C=O) groups is 1. The summed E-state index contributed by atoms with van der Waals surface area (Å²) in [6.45, 7) is 3.51. The van der Waals surface area contributed by atoms with E-state index in [2.05, 4.69) is 37.3 Å². The lowest BCUT2D eigenvalue weighted by Gasteiger charge is -2.28. The fourth-order valence-corrected chi connectivity index (χ4v) is 3.57. The first-order valence-electron chi connectivity index (χ1n) is 7.40. The normalized spacial score (nSPS) is 15.1. The fraction of sp³-hybridized carbons (Fsp3) is 0.278. The molecule has 0 unspecified atom stereocenters. The predicted octanol–water partition coefficient (Wildman–Crippen LogP) is 3.65. The number of benzene rings is 2. The Balaban J connectivity index is 1.78. The Bertz CT molecular complexity index is 657. The van der Waals surface area contributed by atoms with Crippen molar-refractivity contribution < 1.29 is 9.53 Å². The average Bonchev–Trinajstić information content (AvgIpc) is 2.56. The van der Waals surface area contributed by atoms with Crippen molar-refractivity contribution in [1.82, 2.24) is 0 Å². The maximum absolute atomic E-state index is 12.0. The van der Waals surface area contributed by atoms with Crippen LogP contribution in [0.2, 0.25) is 0 Å². The van der Waals surface area contributed by atoms with Gasteiger partial charge >= 0.3 is 0 Å². The number of rotatable bonds is 4. The maximum atomic E-state index is 12.0. The molecule has 0 radical (unpaired) electrons. The van der Waals surface area contributed by atoms with Crippen molar-refractivity contribution in [2.45, 2.75) is 17.6 Å². The summed E-state index contributed by atoms with van der Waals surface area (Å²) in [5.41, 5.74) is 3.48. The first-order valence-corrected chi connectivity index (χ1v) is 8.39. The zero-order valence-electron chi connectivity index (χ0n) is 12.6. The number of carbonyl (C=O) groups excluding carboxylic acids is 1. The molecule has 4 heteroatoms. The molecule has 0 spiro atoms. The van der Waals surface area contributed by atoms with Crippen molar-refractivity contribution in [3.05, 3.63) is 59.7 Å². The van der Waals surface area contributed by atoms with Crippen LogP contribution in [0.1, 0.15) is 11.1 Å². The van der Waals surface area contributed by atoms with Crippen molar-refractivity contribution in [2.24, 2.45) is 0 Å². The van der Waals surface area contributed by atoms with Gasteiger partial charge < -0.3 is 9.64 Å². The summed E-state index contributed by atoms with van der Waals surface area (Å²) >= 11 is 1.81. The van der Waals surface area contributed by atoms with E-state index >= 15 is 0 Å². The molecule has 1 amide bonds. The third kappa shape index (κ3) is 3.34. The Morgan fingerprint density at radius 2 is 1.95 bits per heavy atom. The van der Waals surface area contributed by atoms with E-state index in [9.17, 15) is 4.79 Å². The van der Waals surface area contributed by atoms with Gasteiger partial charge in [0.2, 0.25) is 0 Å². The fourth-order valence-electron chi connectivity index (χ4n) is 2.56. The molecule has 1 fully saturated rings. The molecule has 0 aromatic heterocycles. The second-order valence-electron chi connectivity index (χ2n) is 5.27. The minimum Gasteiger partial charge on any atom is -0.370 e. The molecule has 1 heterocycles. The molecule has 0 aliphatic carbocycles. The first kappa shape index (κ1) is 15.1. The van der Waals surface area contributed by atoms with E-state index in [1.54, 1.807) is 0 Å². The lowest BCUT2D eigenvalue weighted by Crippen LogP contribution is -2.42. The van der Waals surface area contributed by atoms with Crippen LogP contribution in [-0.2, 0) is 15.3 Å². The summed E-state index contributed by atoms with van der Waals surface area (Å²) < 4.78 is 5.21. The van der Waals surface area contributed by atoms with E-state index in [1.165, 1.54) is 16.0 Å². The van der Waals surface area contributed by atoms with Crippen LogP contribution in [0.15, 0.2) is 53.4 Å². The van der Waals surface area contributed by atoms with Crippen LogP contribution in [0.5, 0.6) is 0 Å². The molecular formula is C18H19NO2S. The lowest BCUT2D eigenvalue weighted by molar-refractivity contribution is -0.125. The molecule has 3 nitrogen and oxygen atoms in total.